The lowest BCUT2D eigenvalue weighted by Gasteiger charge is -2.24. The van der Waals surface area contributed by atoms with Gasteiger partial charge in [-0.05, 0) is 48.1 Å². The van der Waals surface area contributed by atoms with Gasteiger partial charge in [0.25, 0.3) is 11.6 Å². The second-order valence-electron chi connectivity index (χ2n) is 6.68. The molecule has 2 aromatic carbocycles. The third kappa shape index (κ3) is 3.96. The quantitative estimate of drug-likeness (QED) is 0.616. The number of amides is 1. The molecular formula is C19H22N2O4. The van der Waals surface area contributed by atoms with E-state index >= 15 is 0 Å². The van der Waals surface area contributed by atoms with E-state index < -0.39 is 10.8 Å². The Hall–Kier alpha value is -2.89. The number of nitro benzene ring substituents is 1. The van der Waals surface area contributed by atoms with Gasteiger partial charge < -0.3 is 10.4 Å². The van der Waals surface area contributed by atoms with Crippen LogP contribution in [0.25, 0.3) is 0 Å². The Morgan fingerprint density at radius 1 is 1.24 bits per heavy atom. The van der Waals surface area contributed by atoms with Gasteiger partial charge in [0.1, 0.15) is 5.75 Å². The zero-order valence-electron chi connectivity index (χ0n) is 14.8. The number of hydrogen-bond acceptors (Lipinski definition) is 4. The summed E-state index contributed by atoms with van der Waals surface area (Å²) in [6.07, 6.45) is 0.889. The predicted octanol–water partition coefficient (Wildman–Crippen LogP) is 4.55. The van der Waals surface area contributed by atoms with Crippen molar-refractivity contribution in [1.82, 2.24) is 0 Å². The molecule has 0 saturated carbocycles. The smallest absolute Gasteiger partial charge is 0.269 e. The third-order valence-corrected chi connectivity index (χ3v) is 4.58. The van der Waals surface area contributed by atoms with Crippen LogP contribution in [0.5, 0.6) is 5.75 Å². The highest BCUT2D eigenvalue weighted by Crippen LogP contribution is 2.31. The maximum atomic E-state index is 12.6. The fourth-order valence-electron chi connectivity index (χ4n) is 2.43. The van der Waals surface area contributed by atoms with E-state index in [2.05, 4.69) is 26.1 Å². The number of hydrogen-bond donors (Lipinski definition) is 2. The second-order valence-corrected chi connectivity index (χ2v) is 6.68. The van der Waals surface area contributed by atoms with Crippen molar-refractivity contribution in [2.24, 2.45) is 0 Å². The number of nitrogens with zero attached hydrogens (tertiary/aromatic N) is 1. The zero-order chi connectivity index (χ0) is 18.8. The highest BCUT2D eigenvalue weighted by atomic mass is 16.6. The van der Waals surface area contributed by atoms with E-state index in [1.54, 1.807) is 13.0 Å². The molecular weight excluding hydrogens is 320 g/mol. The van der Waals surface area contributed by atoms with Gasteiger partial charge in [0.2, 0.25) is 0 Å². The minimum atomic E-state index is -0.485. The van der Waals surface area contributed by atoms with Crippen LogP contribution in [0.2, 0.25) is 0 Å². The molecule has 0 aliphatic rings. The summed E-state index contributed by atoms with van der Waals surface area (Å²) >= 11 is 0. The Morgan fingerprint density at radius 3 is 2.48 bits per heavy atom. The SMILES string of the molecule is CCC(C)(C)c1ccc(O)c(C(=O)Nc2ccc([N+](=O)[O-])cc2C)c1. The fraction of sp³-hybridized carbons (Fsp3) is 0.316. The zero-order valence-corrected chi connectivity index (χ0v) is 14.8. The molecule has 0 saturated heterocycles. The van der Waals surface area contributed by atoms with E-state index in [1.165, 1.54) is 24.3 Å². The molecule has 0 bridgehead atoms. The van der Waals surface area contributed by atoms with Crippen LogP contribution in [-0.2, 0) is 5.41 Å². The van der Waals surface area contributed by atoms with Gasteiger partial charge in [0.05, 0.1) is 10.5 Å². The topological polar surface area (TPSA) is 92.5 Å². The van der Waals surface area contributed by atoms with Crippen LogP contribution < -0.4 is 5.32 Å². The number of benzene rings is 2. The first-order chi connectivity index (χ1) is 11.7. The van der Waals surface area contributed by atoms with Crippen LogP contribution in [0.3, 0.4) is 0 Å². The Morgan fingerprint density at radius 2 is 1.92 bits per heavy atom. The van der Waals surface area contributed by atoms with Gasteiger partial charge >= 0.3 is 0 Å². The van der Waals surface area contributed by atoms with Crippen molar-refractivity contribution in [3.63, 3.8) is 0 Å². The van der Waals surface area contributed by atoms with Crippen molar-refractivity contribution in [3.05, 3.63) is 63.2 Å². The molecule has 25 heavy (non-hydrogen) atoms. The van der Waals surface area contributed by atoms with E-state index in [0.717, 1.165) is 12.0 Å². The minimum Gasteiger partial charge on any atom is -0.507 e. The van der Waals surface area contributed by atoms with Crippen LogP contribution in [0, 0.1) is 17.0 Å². The first-order valence-electron chi connectivity index (χ1n) is 8.05. The van der Waals surface area contributed by atoms with Gasteiger partial charge in [-0.25, -0.2) is 0 Å². The normalized spacial score (nSPS) is 11.2. The third-order valence-electron chi connectivity index (χ3n) is 4.58. The van der Waals surface area contributed by atoms with Gasteiger partial charge in [0.15, 0.2) is 0 Å². The molecule has 0 heterocycles. The highest BCUT2D eigenvalue weighted by molar-refractivity contribution is 6.06. The molecule has 2 N–H and O–H groups in total. The molecule has 0 aromatic heterocycles. The summed E-state index contributed by atoms with van der Waals surface area (Å²) in [6.45, 7) is 7.88. The van der Waals surface area contributed by atoms with Crippen LogP contribution in [0.15, 0.2) is 36.4 Å². The van der Waals surface area contributed by atoms with Crippen molar-refractivity contribution < 1.29 is 14.8 Å². The van der Waals surface area contributed by atoms with Crippen molar-refractivity contribution in [2.75, 3.05) is 5.32 Å². The lowest BCUT2D eigenvalue weighted by molar-refractivity contribution is -0.384. The Kier molecular flexibility index (Phi) is 5.11. The Labute approximate surface area is 146 Å². The summed E-state index contributed by atoms with van der Waals surface area (Å²) in [5.74, 6) is -0.559. The average Bonchev–Trinajstić information content (AvgIpc) is 2.56. The molecule has 0 spiro atoms. The van der Waals surface area contributed by atoms with Crippen LogP contribution in [0.1, 0.15) is 48.7 Å². The van der Waals surface area contributed by atoms with E-state index in [0.29, 0.717) is 11.3 Å². The number of nitrogens with one attached hydrogen (secondary N) is 1. The number of non-ortho nitro benzene ring substituents is 1. The summed E-state index contributed by atoms with van der Waals surface area (Å²) in [5, 5.41) is 23.6. The Bertz CT molecular complexity index is 828. The second kappa shape index (κ2) is 6.93. The summed E-state index contributed by atoms with van der Waals surface area (Å²) < 4.78 is 0. The number of phenolic OH excluding ortho intramolecular Hbond substituents is 1. The van der Waals surface area contributed by atoms with Gasteiger partial charge in [-0.1, -0.05) is 26.8 Å². The van der Waals surface area contributed by atoms with Crippen molar-refractivity contribution in [3.8, 4) is 5.75 Å². The van der Waals surface area contributed by atoms with Crippen molar-refractivity contribution >= 4 is 17.3 Å². The van der Waals surface area contributed by atoms with E-state index in [4.69, 9.17) is 0 Å². The molecule has 2 aromatic rings. The number of anilines is 1. The summed E-state index contributed by atoms with van der Waals surface area (Å²) in [4.78, 5) is 22.9. The van der Waals surface area contributed by atoms with Crippen molar-refractivity contribution in [1.29, 1.82) is 0 Å². The number of carbonyl (C=O) groups excluding carboxylic acids is 1. The molecule has 0 fully saturated rings. The highest BCUT2D eigenvalue weighted by Gasteiger charge is 2.22. The van der Waals surface area contributed by atoms with Gasteiger partial charge in [-0.2, -0.15) is 0 Å². The molecule has 0 aliphatic carbocycles. The molecule has 132 valence electrons. The molecule has 6 heteroatoms. The van der Waals surface area contributed by atoms with E-state index in [1.807, 2.05) is 6.07 Å². The monoisotopic (exact) mass is 342 g/mol. The Balaban J connectivity index is 2.32. The lowest BCUT2D eigenvalue weighted by Crippen LogP contribution is -2.18. The number of carbonyl (C=O) groups is 1. The first-order valence-corrected chi connectivity index (χ1v) is 8.05. The van der Waals surface area contributed by atoms with Crippen LogP contribution in [0.4, 0.5) is 11.4 Å². The maximum absolute atomic E-state index is 12.6. The summed E-state index contributed by atoms with van der Waals surface area (Å²) in [5.41, 5.74) is 2.02. The van der Waals surface area contributed by atoms with E-state index in [-0.39, 0.29) is 22.4 Å². The standard InChI is InChI=1S/C19H22N2O4/c1-5-19(3,4)13-6-9-17(22)15(11-13)18(23)20-16-8-7-14(21(24)25)10-12(16)2/h6-11,22H,5H2,1-4H3,(H,20,23). The molecule has 6 nitrogen and oxygen atoms in total. The van der Waals surface area contributed by atoms with Gasteiger partial charge in [-0.15, -0.1) is 0 Å². The fourth-order valence-corrected chi connectivity index (χ4v) is 2.43. The van der Waals surface area contributed by atoms with Crippen LogP contribution >= 0.6 is 0 Å². The molecule has 0 radical (unpaired) electrons. The molecule has 2 rings (SSSR count). The largest absolute Gasteiger partial charge is 0.507 e. The minimum absolute atomic E-state index is 0.0370. The number of phenols is 1. The number of aromatic hydroxyl groups is 1. The predicted molar refractivity (Wildman–Crippen MR) is 97.2 cm³/mol. The molecule has 0 unspecified atom stereocenters. The summed E-state index contributed by atoms with van der Waals surface area (Å²) in [6, 6.07) is 9.24. The van der Waals surface area contributed by atoms with Crippen LogP contribution in [-0.4, -0.2) is 15.9 Å². The molecule has 0 atom stereocenters. The lowest BCUT2D eigenvalue weighted by atomic mass is 9.81. The summed E-state index contributed by atoms with van der Waals surface area (Å²) in [7, 11) is 0. The van der Waals surface area contributed by atoms with E-state index in [9.17, 15) is 20.0 Å². The number of rotatable bonds is 5. The molecule has 1 amide bonds. The maximum Gasteiger partial charge on any atom is 0.269 e. The number of aryl methyl sites for hydroxylation is 1. The average molecular weight is 342 g/mol. The number of nitro groups is 1. The van der Waals surface area contributed by atoms with Gasteiger partial charge in [-0.3, -0.25) is 14.9 Å². The van der Waals surface area contributed by atoms with Gasteiger partial charge in [0, 0.05) is 17.8 Å². The van der Waals surface area contributed by atoms with Crippen molar-refractivity contribution in [2.45, 2.75) is 39.5 Å². The molecule has 0 aliphatic heterocycles. The first kappa shape index (κ1) is 18.4.